The smallest absolute Gasteiger partial charge is 0.123 e. The SMILES string of the molecule is N#CC1CNC(c2ncc(-c3ccc4cc(-c5ccccc5)ccc4c3)[nH]2)C1. The van der Waals surface area contributed by atoms with Crippen molar-refractivity contribution in [3.63, 3.8) is 0 Å². The summed E-state index contributed by atoms with van der Waals surface area (Å²) in [5.74, 6) is 0.977. The minimum absolute atomic E-state index is 0.0676. The van der Waals surface area contributed by atoms with E-state index in [-0.39, 0.29) is 12.0 Å². The zero-order valence-corrected chi connectivity index (χ0v) is 15.4. The second-order valence-electron chi connectivity index (χ2n) is 7.35. The lowest BCUT2D eigenvalue weighted by atomic mass is 9.99. The second-order valence-corrected chi connectivity index (χ2v) is 7.35. The van der Waals surface area contributed by atoms with E-state index in [1.165, 1.54) is 21.9 Å². The molecule has 4 aromatic rings. The van der Waals surface area contributed by atoms with Gasteiger partial charge in [0.25, 0.3) is 0 Å². The molecule has 4 nitrogen and oxygen atoms in total. The third-order valence-corrected chi connectivity index (χ3v) is 5.50. The zero-order chi connectivity index (χ0) is 18.9. The quantitative estimate of drug-likeness (QED) is 0.533. The fraction of sp³-hybridized carbons (Fsp3) is 0.167. The first-order chi connectivity index (χ1) is 13.8. The Hall–Kier alpha value is -3.42. The third kappa shape index (κ3) is 3.06. The molecular formula is C24H20N4. The van der Waals surface area contributed by atoms with E-state index in [9.17, 15) is 0 Å². The molecule has 1 fully saturated rings. The summed E-state index contributed by atoms with van der Waals surface area (Å²) in [6, 6.07) is 26.0. The third-order valence-electron chi connectivity index (χ3n) is 5.50. The Bertz CT molecular complexity index is 1170. The van der Waals surface area contributed by atoms with Crippen LogP contribution >= 0.6 is 0 Å². The van der Waals surface area contributed by atoms with Crippen molar-refractivity contribution in [2.75, 3.05) is 6.54 Å². The summed E-state index contributed by atoms with van der Waals surface area (Å²) in [6.07, 6.45) is 2.69. The van der Waals surface area contributed by atoms with Crippen LogP contribution in [0.5, 0.6) is 0 Å². The fourth-order valence-electron chi connectivity index (χ4n) is 3.93. The zero-order valence-electron chi connectivity index (χ0n) is 15.4. The van der Waals surface area contributed by atoms with Gasteiger partial charge < -0.3 is 10.3 Å². The number of H-pyrrole nitrogens is 1. The maximum absolute atomic E-state index is 9.09. The van der Waals surface area contributed by atoms with E-state index in [0.29, 0.717) is 0 Å². The maximum Gasteiger partial charge on any atom is 0.123 e. The molecule has 136 valence electrons. The predicted molar refractivity (Wildman–Crippen MR) is 111 cm³/mol. The normalized spacial score (nSPS) is 19.0. The molecule has 0 amide bonds. The molecule has 28 heavy (non-hydrogen) atoms. The van der Waals surface area contributed by atoms with Crippen LogP contribution in [-0.4, -0.2) is 16.5 Å². The summed E-state index contributed by atoms with van der Waals surface area (Å²) in [5, 5.41) is 14.9. The Kier molecular flexibility index (Phi) is 4.16. The molecule has 2 atom stereocenters. The van der Waals surface area contributed by atoms with Gasteiger partial charge >= 0.3 is 0 Å². The summed E-state index contributed by atoms with van der Waals surface area (Å²) < 4.78 is 0. The Morgan fingerprint density at radius 2 is 1.64 bits per heavy atom. The Balaban J connectivity index is 1.44. The van der Waals surface area contributed by atoms with E-state index >= 15 is 0 Å². The number of benzene rings is 3. The van der Waals surface area contributed by atoms with Gasteiger partial charge in [-0.1, -0.05) is 54.6 Å². The Morgan fingerprint density at radius 1 is 0.893 bits per heavy atom. The Labute approximate surface area is 163 Å². The molecule has 1 aromatic heterocycles. The summed E-state index contributed by atoms with van der Waals surface area (Å²) in [4.78, 5) is 7.98. The number of aromatic nitrogens is 2. The van der Waals surface area contributed by atoms with E-state index in [4.69, 9.17) is 5.26 Å². The molecule has 1 aliphatic rings. The van der Waals surface area contributed by atoms with E-state index in [1.54, 1.807) is 0 Å². The minimum Gasteiger partial charge on any atom is -0.341 e. The average Bonchev–Trinajstić information content (AvgIpc) is 3.43. The molecule has 1 aliphatic heterocycles. The van der Waals surface area contributed by atoms with Crippen LogP contribution in [0.3, 0.4) is 0 Å². The van der Waals surface area contributed by atoms with Gasteiger partial charge in [0.1, 0.15) is 5.82 Å². The van der Waals surface area contributed by atoms with Crippen molar-refractivity contribution in [2.45, 2.75) is 12.5 Å². The molecule has 2 unspecified atom stereocenters. The van der Waals surface area contributed by atoms with Gasteiger partial charge in [-0.25, -0.2) is 4.98 Å². The van der Waals surface area contributed by atoms with Crippen molar-refractivity contribution in [3.05, 3.63) is 78.8 Å². The standard InChI is InChI=1S/C24H20N4/c25-13-16-10-22(26-14-16)24-27-15-23(28-24)21-9-8-19-11-18(6-7-20(19)12-21)17-4-2-1-3-5-17/h1-9,11-12,15-16,22,26H,10,14H2,(H,27,28). The first kappa shape index (κ1) is 16.7. The van der Waals surface area contributed by atoms with Gasteiger partial charge in [-0.15, -0.1) is 0 Å². The highest BCUT2D eigenvalue weighted by molar-refractivity contribution is 5.90. The van der Waals surface area contributed by atoms with Crippen LogP contribution in [0.25, 0.3) is 33.2 Å². The summed E-state index contributed by atoms with van der Waals surface area (Å²) >= 11 is 0. The van der Waals surface area contributed by atoms with Gasteiger partial charge in [-0.05, 0) is 40.5 Å². The molecule has 0 spiro atoms. The number of nitriles is 1. The summed E-state index contributed by atoms with van der Waals surface area (Å²) in [7, 11) is 0. The van der Waals surface area contributed by atoms with Gasteiger partial charge in [-0.3, -0.25) is 0 Å². The van der Waals surface area contributed by atoms with Gasteiger partial charge in [0.15, 0.2) is 0 Å². The fourth-order valence-corrected chi connectivity index (χ4v) is 3.93. The molecular weight excluding hydrogens is 344 g/mol. The average molecular weight is 364 g/mol. The first-order valence-electron chi connectivity index (χ1n) is 9.58. The number of nitrogens with one attached hydrogen (secondary N) is 2. The maximum atomic E-state index is 9.09. The van der Waals surface area contributed by atoms with Crippen molar-refractivity contribution < 1.29 is 0 Å². The van der Waals surface area contributed by atoms with Gasteiger partial charge in [0.2, 0.25) is 0 Å². The monoisotopic (exact) mass is 364 g/mol. The highest BCUT2D eigenvalue weighted by Gasteiger charge is 2.27. The molecule has 2 N–H and O–H groups in total. The lowest BCUT2D eigenvalue weighted by Crippen LogP contribution is -2.14. The predicted octanol–water partition coefficient (Wildman–Crippen LogP) is 5.07. The molecule has 4 heteroatoms. The van der Waals surface area contributed by atoms with Crippen LogP contribution in [0.15, 0.2) is 72.9 Å². The van der Waals surface area contributed by atoms with Crippen molar-refractivity contribution in [1.82, 2.24) is 15.3 Å². The van der Waals surface area contributed by atoms with E-state index in [0.717, 1.165) is 30.0 Å². The number of nitrogens with zero attached hydrogens (tertiary/aromatic N) is 2. The molecule has 2 heterocycles. The first-order valence-corrected chi connectivity index (χ1v) is 9.58. The van der Waals surface area contributed by atoms with E-state index < -0.39 is 0 Å². The lowest BCUT2D eigenvalue weighted by molar-refractivity contribution is 0.605. The molecule has 0 saturated carbocycles. The van der Waals surface area contributed by atoms with Crippen LogP contribution in [0.2, 0.25) is 0 Å². The molecule has 0 aliphatic carbocycles. The summed E-state index contributed by atoms with van der Waals surface area (Å²) in [5.41, 5.74) is 4.58. The van der Waals surface area contributed by atoms with Crippen LogP contribution in [-0.2, 0) is 0 Å². The number of fused-ring (bicyclic) bond motifs is 1. The van der Waals surface area contributed by atoms with Crippen molar-refractivity contribution in [1.29, 1.82) is 5.26 Å². The number of rotatable bonds is 3. The molecule has 5 rings (SSSR count). The van der Waals surface area contributed by atoms with Gasteiger partial charge in [0, 0.05) is 12.1 Å². The van der Waals surface area contributed by atoms with Crippen LogP contribution in [0.1, 0.15) is 18.3 Å². The molecule has 0 bridgehead atoms. The van der Waals surface area contributed by atoms with Crippen molar-refractivity contribution >= 4 is 10.8 Å². The van der Waals surface area contributed by atoms with Gasteiger partial charge in [-0.2, -0.15) is 5.26 Å². The molecule has 0 radical (unpaired) electrons. The highest BCUT2D eigenvalue weighted by Crippen LogP contribution is 2.30. The summed E-state index contributed by atoms with van der Waals surface area (Å²) in [6.45, 7) is 0.733. The van der Waals surface area contributed by atoms with Gasteiger partial charge in [0.05, 0.1) is 29.9 Å². The Morgan fingerprint density at radius 3 is 2.39 bits per heavy atom. The van der Waals surface area contributed by atoms with Crippen LogP contribution in [0.4, 0.5) is 0 Å². The van der Waals surface area contributed by atoms with E-state index in [2.05, 4.69) is 82.0 Å². The van der Waals surface area contributed by atoms with Crippen LogP contribution in [0, 0.1) is 17.2 Å². The van der Waals surface area contributed by atoms with Crippen molar-refractivity contribution in [3.8, 4) is 28.5 Å². The topological polar surface area (TPSA) is 64.5 Å². The number of aromatic amines is 1. The van der Waals surface area contributed by atoms with Crippen molar-refractivity contribution in [2.24, 2.45) is 5.92 Å². The largest absolute Gasteiger partial charge is 0.341 e. The second kappa shape index (κ2) is 6.95. The highest BCUT2D eigenvalue weighted by atomic mass is 15.0. The lowest BCUT2D eigenvalue weighted by Gasteiger charge is -2.07. The number of imidazole rings is 1. The molecule has 1 saturated heterocycles. The van der Waals surface area contributed by atoms with Crippen LogP contribution < -0.4 is 5.32 Å². The van der Waals surface area contributed by atoms with E-state index in [1.807, 2.05) is 12.3 Å². The number of hydrogen-bond acceptors (Lipinski definition) is 3. The molecule has 3 aromatic carbocycles. The minimum atomic E-state index is 0.0676. The number of hydrogen-bond donors (Lipinski definition) is 2.